The summed E-state index contributed by atoms with van der Waals surface area (Å²) in [4.78, 5) is 28.5. The number of anilines is 1. The van der Waals surface area contributed by atoms with Gasteiger partial charge in [0.2, 0.25) is 21.8 Å². The minimum absolute atomic E-state index is 0.0662. The topological polar surface area (TPSA) is 105 Å². The number of nitrogens with one attached hydrogen (secondary N) is 1. The molecule has 0 aliphatic rings. The quantitative estimate of drug-likeness (QED) is 0.331. The number of methoxy groups -OCH3 is 2. The molecule has 1 unspecified atom stereocenters. The summed E-state index contributed by atoms with van der Waals surface area (Å²) in [5.41, 5.74) is 1.55. The van der Waals surface area contributed by atoms with Crippen LogP contribution in [0.3, 0.4) is 0 Å². The third-order valence-electron chi connectivity index (χ3n) is 6.21. The summed E-state index contributed by atoms with van der Waals surface area (Å²) in [5.74, 6) is -0.346. The predicted octanol–water partition coefficient (Wildman–Crippen LogP) is 4.16. The number of ether oxygens (including phenoxy) is 2. The Kier molecular flexibility index (Phi) is 10.7. The molecule has 0 aliphatic heterocycles. The molecule has 0 saturated heterocycles. The molecular formula is C28H31Cl2N3O6S. The number of benzene rings is 3. The number of halogens is 2. The standard InChI is InChI=1S/C28H31Cl2N3O6S/c1-31-28(35)24(14-19-8-6-5-7-9-19)32(17-20-10-11-21(29)15-23(20)30)27(34)18-33(40(4,36)37)22-12-13-25(38-2)26(16-22)39-3/h5-13,15-16,24H,14,17-18H2,1-4H3,(H,31,35). The third kappa shape index (κ3) is 7.80. The van der Waals surface area contributed by atoms with Crippen LogP contribution in [-0.2, 0) is 32.6 Å². The average Bonchev–Trinajstić information content (AvgIpc) is 2.93. The molecule has 0 bridgehead atoms. The fraction of sp³-hybridized carbons (Fsp3) is 0.286. The van der Waals surface area contributed by atoms with Crippen LogP contribution in [0.5, 0.6) is 11.5 Å². The van der Waals surface area contributed by atoms with Crippen molar-refractivity contribution in [2.45, 2.75) is 19.0 Å². The van der Waals surface area contributed by atoms with Crippen LogP contribution in [0.2, 0.25) is 10.0 Å². The molecule has 1 atom stereocenters. The highest BCUT2D eigenvalue weighted by Gasteiger charge is 2.33. The number of hydrogen-bond acceptors (Lipinski definition) is 6. The molecule has 0 saturated carbocycles. The summed E-state index contributed by atoms with van der Waals surface area (Å²) in [7, 11) is 0.417. The summed E-state index contributed by atoms with van der Waals surface area (Å²) in [6.07, 6.45) is 1.18. The first-order valence-electron chi connectivity index (χ1n) is 12.2. The Balaban J connectivity index is 2.07. The lowest BCUT2D eigenvalue weighted by atomic mass is 10.0. The maximum absolute atomic E-state index is 14.0. The second-order valence-corrected chi connectivity index (χ2v) is 11.6. The van der Waals surface area contributed by atoms with Gasteiger partial charge in [-0.3, -0.25) is 13.9 Å². The fourth-order valence-corrected chi connectivity index (χ4v) is 5.46. The number of hydrogen-bond donors (Lipinski definition) is 1. The Hall–Kier alpha value is -3.47. The highest BCUT2D eigenvalue weighted by molar-refractivity contribution is 7.92. The van der Waals surface area contributed by atoms with Crippen LogP contribution >= 0.6 is 23.2 Å². The summed E-state index contributed by atoms with van der Waals surface area (Å²) in [5, 5.41) is 3.34. The van der Waals surface area contributed by atoms with E-state index >= 15 is 0 Å². The zero-order chi connectivity index (χ0) is 29.4. The summed E-state index contributed by atoms with van der Waals surface area (Å²) in [6, 6.07) is 17.6. The molecule has 0 aromatic heterocycles. The zero-order valence-corrected chi connectivity index (χ0v) is 24.9. The van der Waals surface area contributed by atoms with Gasteiger partial charge in [-0.15, -0.1) is 0 Å². The Labute approximate surface area is 244 Å². The van der Waals surface area contributed by atoms with E-state index in [1.807, 2.05) is 30.3 Å². The second-order valence-electron chi connectivity index (χ2n) is 8.89. The first-order chi connectivity index (χ1) is 19.0. The first kappa shape index (κ1) is 31.1. The molecule has 3 aromatic carbocycles. The van der Waals surface area contributed by atoms with Gasteiger partial charge < -0.3 is 19.7 Å². The maximum Gasteiger partial charge on any atom is 0.244 e. The van der Waals surface area contributed by atoms with Crippen LogP contribution in [0.1, 0.15) is 11.1 Å². The van der Waals surface area contributed by atoms with Gasteiger partial charge in [-0.2, -0.15) is 0 Å². The number of likely N-dealkylation sites (N-methyl/N-ethyl adjacent to an activating group) is 1. The monoisotopic (exact) mass is 607 g/mol. The van der Waals surface area contributed by atoms with Crippen LogP contribution < -0.4 is 19.1 Å². The Bertz CT molecular complexity index is 1450. The van der Waals surface area contributed by atoms with Crippen molar-refractivity contribution >= 4 is 50.7 Å². The van der Waals surface area contributed by atoms with E-state index in [4.69, 9.17) is 32.7 Å². The smallest absolute Gasteiger partial charge is 0.244 e. The van der Waals surface area contributed by atoms with Crippen molar-refractivity contribution in [3.63, 3.8) is 0 Å². The van der Waals surface area contributed by atoms with Crippen molar-refractivity contribution < 1.29 is 27.5 Å². The average molecular weight is 609 g/mol. The molecule has 0 radical (unpaired) electrons. The lowest BCUT2D eigenvalue weighted by Crippen LogP contribution is -2.52. The van der Waals surface area contributed by atoms with Crippen LogP contribution in [0.4, 0.5) is 5.69 Å². The molecule has 2 amide bonds. The number of rotatable bonds is 12. The summed E-state index contributed by atoms with van der Waals surface area (Å²) < 4.78 is 37.4. The number of carbonyl (C=O) groups is 2. The molecule has 40 heavy (non-hydrogen) atoms. The number of sulfonamides is 1. The van der Waals surface area contributed by atoms with Gasteiger partial charge in [0.1, 0.15) is 12.6 Å². The van der Waals surface area contributed by atoms with E-state index in [0.717, 1.165) is 16.1 Å². The van der Waals surface area contributed by atoms with E-state index in [-0.39, 0.29) is 18.7 Å². The van der Waals surface area contributed by atoms with Gasteiger partial charge in [-0.25, -0.2) is 8.42 Å². The number of nitrogens with zero attached hydrogens (tertiary/aromatic N) is 2. The van der Waals surface area contributed by atoms with Crippen molar-refractivity contribution in [2.75, 3.05) is 38.4 Å². The molecule has 0 heterocycles. The molecule has 3 aromatic rings. The number of amides is 2. The number of carbonyl (C=O) groups excluding carboxylic acids is 2. The Morgan fingerprint density at radius 2 is 1.62 bits per heavy atom. The van der Waals surface area contributed by atoms with Gasteiger partial charge in [-0.05, 0) is 35.4 Å². The molecule has 0 fully saturated rings. The maximum atomic E-state index is 14.0. The van der Waals surface area contributed by atoms with Crippen LogP contribution in [0, 0.1) is 0 Å². The van der Waals surface area contributed by atoms with E-state index in [0.29, 0.717) is 27.1 Å². The zero-order valence-electron chi connectivity index (χ0n) is 22.6. The van der Waals surface area contributed by atoms with E-state index in [1.165, 1.54) is 38.3 Å². The SMILES string of the molecule is CNC(=O)C(Cc1ccccc1)N(Cc1ccc(Cl)cc1Cl)C(=O)CN(c1ccc(OC)c(OC)c1)S(C)(=O)=O. The second kappa shape index (κ2) is 13.7. The van der Waals surface area contributed by atoms with Crippen molar-refractivity contribution in [1.29, 1.82) is 0 Å². The fourth-order valence-electron chi connectivity index (χ4n) is 4.15. The van der Waals surface area contributed by atoms with E-state index < -0.39 is 34.4 Å². The molecule has 1 N–H and O–H groups in total. The van der Waals surface area contributed by atoms with Crippen LogP contribution in [-0.4, -0.2) is 65.2 Å². The summed E-state index contributed by atoms with van der Waals surface area (Å²) >= 11 is 12.5. The molecule has 9 nitrogen and oxygen atoms in total. The molecule has 0 spiro atoms. The van der Waals surface area contributed by atoms with Crippen LogP contribution in [0.25, 0.3) is 0 Å². The minimum atomic E-state index is -3.94. The summed E-state index contributed by atoms with van der Waals surface area (Å²) in [6.45, 7) is -0.648. The lowest BCUT2D eigenvalue weighted by Gasteiger charge is -2.33. The van der Waals surface area contributed by atoms with Crippen molar-refractivity contribution in [2.24, 2.45) is 0 Å². The molecular weight excluding hydrogens is 577 g/mol. The third-order valence-corrected chi connectivity index (χ3v) is 7.94. The largest absolute Gasteiger partial charge is 0.493 e. The predicted molar refractivity (Wildman–Crippen MR) is 157 cm³/mol. The first-order valence-corrected chi connectivity index (χ1v) is 14.8. The highest BCUT2D eigenvalue weighted by atomic mass is 35.5. The highest BCUT2D eigenvalue weighted by Crippen LogP contribution is 2.33. The van der Waals surface area contributed by atoms with E-state index in [9.17, 15) is 18.0 Å². The minimum Gasteiger partial charge on any atom is -0.493 e. The van der Waals surface area contributed by atoms with Gasteiger partial charge in [0, 0.05) is 36.1 Å². The van der Waals surface area contributed by atoms with Gasteiger partial charge in [0.05, 0.1) is 26.2 Å². The molecule has 3 rings (SSSR count). The van der Waals surface area contributed by atoms with Gasteiger partial charge in [0.25, 0.3) is 0 Å². The van der Waals surface area contributed by atoms with Gasteiger partial charge in [0.15, 0.2) is 11.5 Å². The van der Waals surface area contributed by atoms with Crippen molar-refractivity contribution in [3.05, 3.63) is 87.9 Å². The molecule has 0 aliphatic carbocycles. The normalized spacial score (nSPS) is 11.8. The Morgan fingerprint density at radius 3 is 2.20 bits per heavy atom. The van der Waals surface area contributed by atoms with Crippen LogP contribution in [0.15, 0.2) is 66.7 Å². The van der Waals surface area contributed by atoms with Gasteiger partial charge in [-0.1, -0.05) is 59.6 Å². The lowest BCUT2D eigenvalue weighted by molar-refractivity contribution is -0.139. The van der Waals surface area contributed by atoms with E-state index in [2.05, 4.69) is 5.32 Å². The van der Waals surface area contributed by atoms with E-state index in [1.54, 1.807) is 24.3 Å². The molecule has 214 valence electrons. The van der Waals surface area contributed by atoms with Gasteiger partial charge >= 0.3 is 0 Å². The van der Waals surface area contributed by atoms with Crippen molar-refractivity contribution in [3.8, 4) is 11.5 Å². The van der Waals surface area contributed by atoms with Crippen molar-refractivity contribution in [1.82, 2.24) is 10.2 Å². The molecule has 12 heteroatoms. The Morgan fingerprint density at radius 1 is 0.950 bits per heavy atom.